The predicted octanol–water partition coefficient (Wildman–Crippen LogP) is -10.5. The summed E-state index contributed by atoms with van der Waals surface area (Å²) >= 11 is 4.24. The Morgan fingerprint density at radius 1 is 0.653 bits per heavy atom. The average Bonchev–Trinajstić information content (AvgIpc) is 3.96. The fraction of sp³-hybridized carbons (Fsp3) is 0.333. The van der Waals surface area contributed by atoms with Crippen LogP contribution in [0, 0.1) is 0 Å². The molecule has 2 aromatic heterocycles. The molecule has 4 aromatic rings. The van der Waals surface area contributed by atoms with Crippen LogP contribution >= 0.6 is 47.0 Å². The quantitative estimate of drug-likeness (QED) is 0.0233. The summed E-state index contributed by atoms with van der Waals surface area (Å²) in [5, 5.41) is 68.7. The maximum Gasteiger partial charge on any atom is 1.00 e. The molecule has 2 saturated heterocycles. The third-order valence-electron chi connectivity index (χ3n) is 10.1. The van der Waals surface area contributed by atoms with Crippen molar-refractivity contribution < 1.29 is 134 Å². The normalized spacial score (nSPS) is 20.2. The Kier molecular flexibility index (Phi) is 20.5. The Morgan fingerprint density at radius 3 is 1.32 bits per heavy atom. The molecule has 72 heavy (non-hydrogen) atoms. The summed E-state index contributed by atoms with van der Waals surface area (Å²) in [6.45, 7) is 0. The molecule has 4 aliphatic heterocycles. The van der Waals surface area contributed by atoms with Crippen LogP contribution < -0.4 is 80.0 Å². The molecule has 0 aliphatic carbocycles. The number of carboxylic acids is 2. The van der Waals surface area contributed by atoms with E-state index in [0.29, 0.717) is 22.3 Å². The van der Waals surface area contributed by atoms with Crippen molar-refractivity contribution in [2.24, 2.45) is 0 Å². The number of aliphatic carboxylic acids is 2. The van der Waals surface area contributed by atoms with Crippen LogP contribution in [0.5, 0.6) is 0 Å². The molecule has 4 aliphatic rings. The van der Waals surface area contributed by atoms with E-state index in [1.54, 1.807) is 60.7 Å². The predicted molar refractivity (Wildman–Crippen MR) is 237 cm³/mol. The van der Waals surface area contributed by atoms with Crippen LogP contribution in [-0.4, -0.2) is 168 Å². The number of fused-ring (bicyclic) bond motifs is 2. The molecule has 0 saturated carbocycles. The molecule has 2 fully saturated rings. The molecule has 36 heteroatoms. The van der Waals surface area contributed by atoms with Gasteiger partial charge >= 0.3 is 59.1 Å². The van der Waals surface area contributed by atoms with E-state index in [1.165, 1.54) is 23.5 Å². The summed E-state index contributed by atoms with van der Waals surface area (Å²) in [5.41, 5.74) is 0.593. The molecule has 6 N–H and O–H groups in total. The van der Waals surface area contributed by atoms with E-state index in [2.05, 4.69) is 41.7 Å². The number of nitrogens with one attached hydrogen (secondary N) is 2. The average molecular weight is 1130 g/mol. The first-order valence-corrected chi connectivity index (χ1v) is 26.9. The van der Waals surface area contributed by atoms with Crippen LogP contribution in [0.1, 0.15) is 23.3 Å². The van der Waals surface area contributed by atoms with Gasteiger partial charge in [-0.15, -0.1) is 33.7 Å². The standard InChI is InChI=1S/2C18H18N6O8S3.2Na/c2*25-13(9-4-2-1-3-5-9)14(26)19-11-15(27)24-12(17(28)29)10(6-33-16(11)24)7-34-18-20-21-22-23(18)8-35(30,31)32;;/h2*1-5,11,13,16,25H,6-8H2,(H,19,26)(H,28,29)(H,30,31,32);;/q;;2*+1/p-2/t2*11?,13-,16-;;/m11../s1. The molecule has 28 nitrogen and oxygen atoms in total. The molecule has 0 radical (unpaired) electrons. The van der Waals surface area contributed by atoms with Crippen molar-refractivity contribution in [2.45, 2.75) is 57.1 Å². The number of carbonyl (C=O) groups excluding carboxylic acids is 6. The van der Waals surface area contributed by atoms with Gasteiger partial charge < -0.3 is 40.6 Å². The first-order valence-electron chi connectivity index (χ1n) is 19.6. The van der Waals surface area contributed by atoms with Crippen molar-refractivity contribution in [2.75, 3.05) is 23.0 Å². The number of tetrazole rings is 2. The monoisotopic (exact) mass is 1130 g/mol. The molecule has 2 unspecified atom stereocenters. The first-order chi connectivity index (χ1) is 33.1. The van der Waals surface area contributed by atoms with Crippen LogP contribution in [0.2, 0.25) is 0 Å². The number of amides is 4. The SMILES string of the molecule is O=C([O-])C1=C(CSc2nnnn2CS(=O)(=O)O)CS[C@@H]2C(NC(=O)[C@H](O)c3ccccc3)C(=O)N12.O=C([O-])C1=C(CSc2nnnn2CS(=O)(=O)O)CS[C@@H]2C(NC(=O)[C@H](O)c3ccccc3)C(=O)N12.[Na+].[Na+]. The van der Waals surface area contributed by atoms with E-state index in [-0.39, 0.29) is 104 Å². The smallest absolute Gasteiger partial charge is 0.543 e. The minimum Gasteiger partial charge on any atom is -0.543 e. The zero-order valence-corrected chi connectivity index (χ0v) is 46.0. The number of β-lactam (4-membered cyclic amide) rings is 2. The maximum atomic E-state index is 12.7. The topological polar surface area (TPSA) is 415 Å². The van der Waals surface area contributed by atoms with Gasteiger partial charge in [0.25, 0.3) is 43.9 Å². The number of aromatic nitrogens is 8. The van der Waals surface area contributed by atoms with Gasteiger partial charge in [-0.3, -0.25) is 38.1 Å². The van der Waals surface area contributed by atoms with E-state index < -0.39 is 103 Å². The Morgan fingerprint density at radius 2 is 1.00 bits per heavy atom. The number of hydrogen-bond acceptors (Lipinski definition) is 24. The van der Waals surface area contributed by atoms with Gasteiger partial charge in [-0.25, -0.2) is 9.36 Å². The Balaban J connectivity index is 0.000000260. The molecule has 0 spiro atoms. The van der Waals surface area contributed by atoms with Crippen molar-refractivity contribution >= 4 is 103 Å². The Labute approximate surface area is 468 Å². The Hall–Kier alpha value is -3.98. The summed E-state index contributed by atoms with van der Waals surface area (Å²) in [5.74, 6) is -7.57. The van der Waals surface area contributed by atoms with Crippen LogP contribution in [0.25, 0.3) is 0 Å². The minimum absolute atomic E-state index is 0. The van der Waals surface area contributed by atoms with Gasteiger partial charge in [-0.1, -0.05) is 84.2 Å². The third kappa shape index (κ3) is 13.8. The van der Waals surface area contributed by atoms with Crippen molar-refractivity contribution in [3.8, 4) is 0 Å². The number of nitrogens with zero attached hydrogens (tertiary/aromatic N) is 10. The summed E-state index contributed by atoms with van der Waals surface area (Å²) < 4.78 is 64.0. The fourth-order valence-electron chi connectivity index (χ4n) is 6.98. The largest absolute Gasteiger partial charge is 1.00 e. The molecule has 6 atom stereocenters. The van der Waals surface area contributed by atoms with Gasteiger partial charge in [0.15, 0.2) is 24.0 Å². The molecule has 2 aromatic carbocycles. The zero-order valence-electron chi connectivity index (χ0n) is 37.1. The summed E-state index contributed by atoms with van der Waals surface area (Å²) in [4.78, 5) is 76.2. The van der Waals surface area contributed by atoms with E-state index in [9.17, 15) is 66.0 Å². The molecule has 6 heterocycles. The van der Waals surface area contributed by atoms with E-state index in [0.717, 1.165) is 42.7 Å². The number of carbonyl (C=O) groups is 6. The van der Waals surface area contributed by atoms with E-state index >= 15 is 0 Å². The minimum atomic E-state index is -4.41. The van der Waals surface area contributed by atoms with Crippen LogP contribution in [-0.2, 0) is 60.8 Å². The molecule has 372 valence electrons. The van der Waals surface area contributed by atoms with E-state index in [4.69, 9.17) is 9.11 Å². The number of hydrogen-bond donors (Lipinski definition) is 6. The zero-order chi connectivity index (χ0) is 50.7. The van der Waals surface area contributed by atoms with Crippen molar-refractivity contribution in [3.05, 3.63) is 94.3 Å². The van der Waals surface area contributed by atoms with E-state index in [1.807, 2.05) is 0 Å². The van der Waals surface area contributed by atoms with Crippen molar-refractivity contribution in [3.63, 3.8) is 0 Å². The Bertz CT molecular complexity index is 2810. The number of benzene rings is 2. The fourth-order valence-corrected chi connectivity index (χ4v) is 12.8. The first kappa shape index (κ1) is 58.9. The third-order valence-corrected chi connectivity index (χ3v) is 16.0. The molecule has 4 amide bonds. The number of aliphatic hydroxyl groups excluding tert-OH is 2. The van der Waals surface area contributed by atoms with Gasteiger partial charge in [0.2, 0.25) is 10.3 Å². The summed E-state index contributed by atoms with van der Waals surface area (Å²) in [6, 6.07) is 14.2. The number of rotatable bonds is 18. The molecular weight excluding hydrogens is 1090 g/mol. The van der Waals surface area contributed by atoms with Gasteiger partial charge in [-0.2, -0.15) is 16.8 Å². The second kappa shape index (κ2) is 25.0. The molecular formula is C36H34N12Na2O16S6. The second-order valence-electron chi connectivity index (χ2n) is 14.8. The molecule has 8 rings (SSSR count). The summed E-state index contributed by atoms with van der Waals surface area (Å²) in [6.07, 6.45) is -2.99. The summed E-state index contributed by atoms with van der Waals surface area (Å²) in [7, 11) is -8.82. The second-order valence-corrected chi connectivity index (χ2v) is 21.8. The molecule has 0 bridgehead atoms. The number of carboxylic acid groups (broad SMARTS) is 2. The van der Waals surface area contributed by atoms with Crippen LogP contribution in [0.15, 0.2) is 93.5 Å². The van der Waals surface area contributed by atoms with Crippen LogP contribution in [0.3, 0.4) is 0 Å². The number of aliphatic hydroxyl groups is 2. The van der Waals surface area contributed by atoms with Gasteiger partial charge in [0.05, 0.1) is 23.3 Å². The van der Waals surface area contributed by atoms with Gasteiger partial charge in [0.1, 0.15) is 22.8 Å². The van der Waals surface area contributed by atoms with Crippen molar-refractivity contribution in [1.82, 2.24) is 60.8 Å². The van der Waals surface area contributed by atoms with Crippen molar-refractivity contribution in [1.29, 1.82) is 0 Å². The van der Waals surface area contributed by atoms with Gasteiger partial charge in [0, 0.05) is 23.0 Å². The van der Waals surface area contributed by atoms with Crippen LogP contribution in [0.4, 0.5) is 0 Å². The number of thioether (sulfide) groups is 4. The van der Waals surface area contributed by atoms with Gasteiger partial charge in [-0.05, 0) is 43.1 Å². The maximum absolute atomic E-state index is 12.7.